The van der Waals surface area contributed by atoms with Gasteiger partial charge in [0.05, 0.1) is 0 Å². The van der Waals surface area contributed by atoms with Crippen LogP contribution in [0.4, 0.5) is 5.69 Å². The van der Waals surface area contributed by atoms with Crippen molar-refractivity contribution in [1.29, 1.82) is 0 Å². The van der Waals surface area contributed by atoms with Crippen molar-refractivity contribution in [2.45, 2.75) is 45.1 Å². The van der Waals surface area contributed by atoms with E-state index in [9.17, 15) is 0 Å². The zero-order chi connectivity index (χ0) is 19.1. The summed E-state index contributed by atoms with van der Waals surface area (Å²) >= 11 is 0. The van der Waals surface area contributed by atoms with Crippen LogP contribution in [0, 0.1) is 0 Å². The number of piperidine rings is 1. The number of rotatable bonds is 6. The van der Waals surface area contributed by atoms with Crippen LogP contribution in [0.25, 0.3) is 0 Å². The van der Waals surface area contributed by atoms with Gasteiger partial charge in [-0.3, -0.25) is 4.99 Å². The molecule has 28 heavy (non-hydrogen) atoms. The summed E-state index contributed by atoms with van der Waals surface area (Å²) in [5.74, 6) is 2.54. The molecule has 8 heteroatoms. The lowest BCUT2D eigenvalue weighted by Crippen LogP contribution is -2.49. The molecule has 1 aromatic heterocycles. The Morgan fingerprint density at radius 3 is 2.57 bits per heavy atom. The molecule has 0 spiro atoms. The molecule has 0 saturated carbocycles. The van der Waals surface area contributed by atoms with Crippen molar-refractivity contribution in [1.82, 2.24) is 20.8 Å². The molecule has 154 valence electrons. The third kappa shape index (κ3) is 6.35. The minimum absolute atomic E-state index is 0. The summed E-state index contributed by atoms with van der Waals surface area (Å²) in [5, 5.41) is 10.9. The Bertz CT molecular complexity index is 725. The van der Waals surface area contributed by atoms with Crippen molar-refractivity contribution in [2.75, 3.05) is 31.6 Å². The summed E-state index contributed by atoms with van der Waals surface area (Å²) in [5.41, 5.74) is 1.30. The van der Waals surface area contributed by atoms with Gasteiger partial charge in [0.25, 0.3) is 0 Å². The van der Waals surface area contributed by atoms with Crippen molar-refractivity contribution in [3.8, 4) is 0 Å². The summed E-state index contributed by atoms with van der Waals surface area (Å²) in [6.45, 7) is 6.93. The number of aliphatic imine (C=N–C) groups is 1. The first-order chi connectivity index (χ1) is 13.2. The number of guanidine groups is 1. The minimum Gasteiger partial charge on any atom is -0.371 e. The second kappa shape index (κ2) is 11.2. The molecular weight excluding hydrogens is 467 g/mol. The van der Waals surface area contributed by atoms with Crippen LogP contribution in [0.5, 0.6) is 0 Å². The van der Waals surface area contributed by atoms with Crippen molar-refractivity contribution in [2.24, 2.45) is 4.99 Å². The summed E-state index contributed by atoms with van der Waals surface area (Å²) in [6.07, 6.45) is 2.88. The van der Waals surface area contributed by atoms with E-state index in [0.29, 0.717) is 24.9 Å². The van der Waals surface area contributed by atoms with Crippen molar-refractivity contribution < 1.29 is 4.52 Å². The number of para-hydroxylation sites is 1. The van der Waals surface area contributed by atoms with Gasteiger partial charge in [-0.05, 0) is 25.0 Å². The molecule has 1 aliphatic rings. The summed E-state index contributed by atoms with van der Waals surface area (Å²) in [4.78, 5) is 11.2. The molecule has 2 heterocycles. The van der Waals surface area contributed by atoms with Crippen molar-refractivity contribution in [3.05, 3.63) is 42.0 Å². The van der Waals surface area contributed by atoms with E-state index in [1.54, 1.807) is 7.05 Å². The van der Waals surface area contributed by atoms with E-state index in [-0.39, 0.29) is 29.9 Å². The fourth-order valence-electron chi connectivity index (χ4n) is 3.20. The number of aromatic nitrogens is 2. The molecular formula is C20H31IN6O. The first kappa shape index (κ1) is 22.4. The standard InChI is InChI=1S/C20H30N6O.HI/c1-15(2)19-24-18(27-25-19)9-12-22-20(21-3)23-16-10-13-26(14-11-16)17-7-5-4-6-8-17;/h4-8,15-16H,9-14H2,1-3H3,(H2,21,22,23);1H. The van der Waals surface area contributed by atoms with E-state index in [0.717, 1.165) is 37.7 Å². The second-order valence-corrected chi connectivity index (χ2v) is 7.19. The van der Waals surface area contributed by atoms with Gasteiger partial charge in [-0.2, -0.15) is 4.98 Å². The molecule has 1 fully saturated rings. The molecule has 0 amide bonds. The van der Waals surface area contributed by atoms with E-state index < -0.39 is 0 Å². The number of anilines is 1. The molecule has 0 atom stereocenters. The molecule has 1 saturated heterocycles. The predicted molar refractivity (Wildman–Crippen MR) is 124 cm³/mol. The highest BCUT2D eigenvalue weighted by Crippen LogP contribution is 2.19. The van der Waals surface area contributed by atoms with Crippen LogP contribution >= 0.6 is 24.0 Å². The Kier molecular flexibility index (Phi) is 9.01. The Labute approximate surface area is 184 Å². The largest absolute Gasteiger partial charge is 0.371 e. The van der Waals surface area contributed by atoms with Crippen molar-refractivity contribution in [3.63, 3.8) is 0 Å². The molecule has 1 aromatic carbocycles. The van der Waals surface area contributed by atoms with Gasteiger partial charge >= 0.3 is 0 Å². The molecule has 0 aliphatic carbocycles. The summed E-state index contributed by atoms with van der Waals surface area (Å²) in [7, 11) is 1.80. The van der Waals surface area contributed by atoms with Gasteiger partial charge in [-0.15, -0.1) is 24.0 Å². The number of nitrogens with zero attached hydrogens (tertiary/aromatic N) is 4. The van der Waals surface area contributed by atoms with E-state index in [4.69, 9.17) is 4.52 Å². The lowest BCUT2D eigenvalue weighted by atomic mass is 10.0. The van der Waals surface area contributed by atoms with E-state index in [1.165, 1.54) is 5.69 Å². The van der Waals surface area contributed by atoms with Crippen LogP contribution in [0.3, 0.4) is 0 Å². The quantitative estimate of drug-likeness (QED) is 0.362. The summed E-state index contributed by atoms with van der Waals surface area (Å²) < 4.78 is 5.28. The Morgan fingerprint density at radius 2 is 1.96 bits per heavy atom. The first-order valence-corrected chi connectivity index (χ1v) is 9.75. The summed E-state index contributed by atoms with van der Waals surface area (Å²) in [6, 6.07) is 11.0. The van der Waals surface area contributed by atoms with Gasteiger partial charge in [-0.25, -0.2) is 0 Å². The molecule has 1 aliphatic heterocycles. The average molecular weight is 498 g/mol. The van der Waals surface area contributed by atoms with Gasteiger partial charge in [0.2, 0.25) is 5.89 Å². The maximum Gasteiger partial charge on any atom is 0.228 e. The SMILES string of the molecule is CN=C(NCCc1nc(C(C)C)no1)NC1CCN(c2ccccc2)CC1.I. The molecule has 0 radical (unpaired) electrons. The Morgan fingerprint density at radius 1 is 1.25 bits per heavy atom. The third-order valence-corrected chi connectivity index (χ3v) is 4.81. The molecule has 0 unspecified atom stereocenters. The molecule has 2 N–H and O–H groups in total. The van der Waals surface area contributed by atoms with Crippen LogP contribution in [-0.2, 0) is 6.42 Å². The second-order valence-electron chi connectivity index (χ2n) is 7.19. The maximum absolute atomic E-state index is 5.28. The molecule has 3 rings (SSSR count). The third-order valence-electron chi connectivity index (χ3n) is 4.81. The highest BCUT2D eigenvalue weighted by molar-refractivity contribution is 14.0. The monoisotopic (exact) mass is 498 g/mol. The number of halogens is 1. The highest BCUT2D eigenvalue weighted by atomic mass is 127. The lowest BCUT2D eigenvalue weighted by Gasteiger charge is -2.34. The van der Waals surface area contributed by atoms with Gasteiger partial charge in [0.1, 0.15) is 0 Å². The lowest BCUT2D eigenvalue weighted by molar-refractivity contribution is 0.371. The Hall–Kier alpha value is -1.84. The minimum atomic E-state index is 0. The topological polar surface area (TPSA) is 78.6 Å². The van der Waals surface area contributed by atoms with Gasteiger partial charge < -0.3 is 20.1 Å². The van der Waals surface area contributed by atoms with Gasteiger partial charge in [0.15, 0.2) is 11.8 Å². The Balaban J connectivity index is 0.00000280. The normalized spacial score (nSPS) is 15.4. The van der Waals surface area contributed by atoms with E-state index >= 15 is 0 Å². The number of nitrogens with one attached hydrogen (secondary N) is 2. The van der Waals surface area contributed by atoms with E-state index in [2.05, 4.69) is 74.8 Å². The number of hydrogen-bond acceptors (Lipinski definition) is 5. The van der Waals surface area contributed by atoms with Crippen LogP contribution in [0.1, 0.15) is 44.3 Å². The fraction of sp³-hybridized carbons (Fsp3) is 0.550. The smallest absolute Gasteiger partial charge is 0.228 e. The number of benzene rings is 1. The molecule has 7 nitrogen and oxygen atoms in total. The average Bonchev–Trinajstić information content (AvgIpc) is 3.18. The van der Waals surface area contributed by atoms with Gasteiger partial charge in [0, 0.05) is 50.7 Å². The first-order valence-electron chi connectivity index (χ1n) is 9.75. The number of hydrogen-bond donors (Lipinski definition) is 2. The van der Waals surface area contributed by atoms with Gasteiger partial charge in [-0.1, -0.05) is 37.2 Å². The van der Waals surface area contributed by atoms with E-state index in [1.807, 2.05) is 0 Å². The molecule has 0 bridgehead atoms. The zero-order valence-electron chi connectivity index (χ0n) is 16.9. The van der Waals surface area contributed by atoms with Crippen LogP contribution in [0.15, 0.2) is 39.8 Å². The van der Waals surface area contributed by atoms with Crippen LogP contribution < -0.4 is 15.5 Å². The van der Waals surface area contributed by atoms with Crippen LogP contribution in [0.2, 0.25) is 0 Å². The fourth-order valence-corrected chi connectivity index (χ4v) is 3.20. The van der Waals surface area contributed by atoms with Crippen LogP contribution in [-0.4, -0.2) is 48.8 Å². The molecule has 2 aromatic rings. The van der Waals surface area contributed by atoms with Crippen molar-refractivity contribution >= 4 is 35.6 Å². The maximum atomic E-state index is 5.28. The zero-order valence-corrected chi connectivity index (χ0v) is 19.2. The predicted octanol–water partition coefficient (Wildman–Crippen LogP) is 3.19. The highest BCUT2D eigenvalue weighted by Gasteiger charge is 2.20.